The first kappa shape index (κ1) is 15.7. The topological polar surface area (TPSA) is 76.7 Å². The van der Waals surface area contributed by atoms with Crippen molar-refractivity contribution in [2.24, 2.45) is 5.14 Å². The van der Waals surface area contributed by atoms with E-state index in [2.05, 4.69) is 41.0 Å². The van der Waals surface area contributed by atoms with Crippen molar-refractivity contribution in [1.29, 1.82) is 0 Å². The molecule has 1 aromatic carbocycles. The highest BCUT2D eigenvalue weighted by molar-refractivity contribution is 7.97. The fourth-order valence-electron chi connectivity index (χ4n) is 2.28. The molecule has 0 aliphatic carbocycles. The molecule has 3 N–H and O–H groups in total. The molecule has 0 unspecified atom stereocenters. The lowest BCUT2D eigenvalue weighted by atomic mass is 10.1. The van der Waals surface area contributed by atoms with Crippen molar-refractivity contribution < 1.29 is 0 Å². The third-order valence-electron chi connectivity index (χ3n) is 3.23. The molecule has 0 atom stereocenters. The predicted octanol–water partition coefficient (Wildman–Crippen LogP) is 3.87. The Morgan fingerprint density at radius 1 is 1.00 bits per heavy atom. The van der Waals surface area contributed by atoms with E-state index in [1.54, 1.807) is 12.4 Å². The van der Waals surface area contributed by atoms with Crippen LogP contribution >= 0.6 is 11.9 Å². The lowest BCUT2D eigenvalue weighted by molar-refractivity contribution is 0.630. The predicted molar refractivity (Wildman–Crippen MR) is 96.2 cm³/mol. The molecule has 0 amide bonds. The van der Waals surface area contributed by atoms with Crippen LogP contribution in [0.25, 0.3) is 22.2 Å². The molecule has 2 heterocycles. The number of hydrogen-bond donors (Lipinski definition) is 2. The molecule has 0 aliphatic heterocycles. The fourth-order valence-corrected chi connectivity index (χ4v) is 2.59. The number of pyridine rings is 1. The van der Waals surface area contributed by atoms with E-state index < -0.39 is 0 Å². The number of nitrogens with two attached hydrogens (primary N) is 1. The van der Waals surface area contributed by atoms with Gasteiger partial charge in [-0.3, -0.25) is 15.1 Å². The van der Waals surface area contributed by atoms with Crippen LogP contribution in [-0.4, -0.2) is 20.5 Å². The molecule has 5 nitrogen and oxygen atoms in total. The molecule has 2 aromatic heterocycles. The van der Waals surface area contributed by atoms with Crippen molar-refractivity contribution in [1.82, 2.24) is 15.0 Å². The van der Waals surface area contributed by atoms with Crippen LogP contribution in [0.4, 0.5) is 5.82 Å². The van der Waals surface area contributed by atoms with Gasteiger partial charge in [0.2, 0.25) is 0 Å². The molecule has 3 rings (SSSR count). The molecule has 118 valence electrons. The lowest BCUT2D eigenvalue weighted by Crippen LogP contribution is -2.26. The van der Waals surface area contributed by atoms with E-state index in [1.165, 1.54) is 11.9 Å². The average molecular weight is 325 g/mol. The van der Waals surface area contributed by atoms with Gasteiger partial charge >= 0.3 is 0 Å². The maximum Gasteiger partial charge on any atom is 0.145 e. The van der Waals surface area contributed by atoms with E-state index in [0.717, 1.165) is 32.9 Å². The van der Waals surface area contributed by atoms with Gasteiger partial charge in [-0.05, 0) is 56.5 Å². The molecule has 0 saturated heterocycles. The number of fused-ring (bicyclic) bond motifs is 1. The van der Waals surface area contributed by atoms with E-state index in [1.807, 2.05) is 30.5 Å². The first-order valence-corrected chi connectivity index (χ1v) is 8.20. The standard InChI is InChI=1S/C17H19N5S/c1-17(2,3)22-16-10-20-14-5-4-11(7-15(14)21-16)12-6-13(23-18)9-19-8-12/h4-10H,18H2,1-3H3,(H,21,22). The number of rotatable bonds is 3. The average Bonchev–Trinajstić information content (AvgIpc) is 2.52. The molecule has 0 spiro atoms. The van der Waals surface area contributed by atoms with Crippen LogP contribution in [0.2, 0.25) is 0 Å². The summed E-state index contributed by atoms with van der Waals surface area (Å²) >= 11 is 1.19. The van der Waals surface area contributed by atoms with Crippen LogP contribution in [0.15, 0.2) is 47.8 Å². The zero-order valence-electron chi connectivity index (χ0n) is 13.4. The monoisotopic (exact) mass is 325 g/mol. The maximum atomic E-state index is 5.61. The van der Waals surface area contributed by atoms with E-state index >= 15 is 0 Å². The Kier molecular flexibility index (Phi) is 4.19. The Labute approximate surface area is 139 Å². The smallest absolute Gasteiger partial charge is 0.145 e. The van der Waals surface area contributed by atoms with Crippen LogP contribution in [0, 0.1) is 0 Å². The quantitative estimate of drug-likeness (QED) is 0.712. The Morgan fingerprint density at radius 3 is 2.57 bits per heavy atom. The van der Waals surface area contributed by atoms with Crippen molar-refractivity contribution >= 4 is 28.8 Å². The third kappa shape index (κ3) is 3.78. The Morgan fingerprint density at radius 2 is 1.83 bits per heavy atom. The minimum atomic E-state index is -0.0590. The van der Waals surface area contributed by atoms with Crippen LogP contribution in [0.5, 0.6) is 0 Å². The number of nitrogens with one attached hydrogen (secondary N) is 1. The highest BCUT2D eigenvalue weighted by Gasteiger charge is 2.11. The summed E-state index contributed by atoms with van der Waals surface area (Å²) in [4.78, 5) is 14.3. The van der Waals surface area contributed by atoms with Gasteiger partial charge in [-0.1, -0.05) is 6.07 Å². The van der Waals surface area contributed by atoms with Gasteiger partial charge in [-0.2, -0.15) is 0 Å². The molecule has 0 aliphatic rings. The van der Waals surface area contributed by atoms with Crippen LogP contribution < -0.4 is 10.5 Å². The highest BCUT2D eigenvalue weighted by atomic mass is 32.2. The van der Waals surface area contributed by atoms with Crippen LogP contribution in [0.1, 0.15) is 20.8 Å². The minimum absolute atomic E-state index is 0.0590. The summed E-state index contributed by atoms with van der Waals surface area (Å²) in [5.74, 6) is 0.770. The van der Waals surface area contributed by atoms with Crippen molar-refractivity contribution in [3.05, 3.63) is 42.9 Å². The first-order chi connectivity index (χ1) is 10.9. The summed E-state index contributed by atoms with van der Waals surface area (Å²) in [7, 11) is 0. The van der Waals surface area contributed by atoms with E-state index in [4.69, 9.17) is 5.14 Å². The summed E-state index contributed by atoms with van der Waals surface area (Å²) in [5.41, 5.74) is 3.71. The number of anilines is 1. The van der Waals surface area contributed by atoms with Crippen molar-refractivity contribution in [3.63, 3.8) is 0 Å². The first-order valence-electron chi connectivity index (χ1n) is 7.32. The Hall–Kier alpha value is -2.18. The van der Waals surface area contributed by atoms with Gasteiger partial charge in [0.15, 0.2) is 0 Å². The highest BCUT2D eigenvalue weighted by Crippen LogP contribution is 2.25. The van der Waals surface area contributed by atoms with Gasteiger partial charge in [0.1, 0.15) is 5.82 Å². The molecule has 0 fully saturated rings. The number of aromatic nitrogens is 3. The summed E-state index contributed by atoms with van der Waals surface area (Å²) in [5, 5.41) is 8.96. The van der Waals surface area contributed by atoms with Crippen molar-refractivity contribution in [2.75, 3.05) is 5.32 Å². The SMILES string of the molecule is CC(C)(C)Nc1cnc2ccc(-c3cncc(SN)c3)cc2n1. The number of nitrogens with zero attached hydrogens (tertiary/aromatic N) is 3. The largest absolute Gasteiger partial charge is 0.364 e. The van der Waals surface area contributed by atoms with Crippen LogP contribution in [0.3, 0.4) is 0 Å². The summed E-state index contributed by atoms with van der Waals surface area (Å²) in [6.45, 7) is 6.28. The van der Waals surface area contributed by atoms with E-state index in [-0.39, 0.29) is 5.54 Å². The molecular weight excluding hydrogens is 306 g/mol. The molecule has 0 radical (unpaired) electrons. The lowest BCUT2D eigenvalue weighted by Gasteiger charge is -2.21. The fraction of sp³-hybridized carbons (Fsp3) is 0.235. The zero-order chi connectivity index (χ0) is 16.4. The number of hydrogen-bond acceptors (Lipinski definition) is 6. The summed E-state index contributed by atoms with van der Waals surface area (Å²) in [6.07, 6.45) is 5.34. The second-order valence-electron chi connectivity index (χ2n) is 6.36. The van der Waals surface area contributed by atoms with Gasteiger partial charge < -0.3 is 5.32 Å². The summed E-state index contributed by atoms with van der Waals surface area (Å²) in [6, 6.07) is 8.04. The van der Waals surface area contributed by atoms with Crippen LogP contribution in [-0.2, 0) is 0 Å². The molecule has 3 aromatic rings. The molecular formula is C17H19N5S. The van der Waals surface area contributed by atoms with Gasteiger partial charge in [0, 0.05) is 28.4 Å². The van der Waals surface area contributed by atoms with Crippen molar-refractivity contribution in [2.45, 2.75) is 31.2 Å². The summed E-state index contributed by atoms with van der Waals surface area (Å²) < 4.78 is 0. The Balaban J connectivity index is 2.02. The number of benzene rings is 1. The second kappa shape index (κ2) is 6.14. The molecule has 6 heteroatoms. The normalized spacial score (nSPS) is 11.7. The molecule has 0 bridgehead atoms. The molecule has 23 heavy (non-hydrogen) atoms. The van der Waals surface area contributed by atoms with Gasteiger partial charge in [-0.15, -0.1) is 0 Å². The molecule has 0 saturated carbocycles. The van der Waals surface area contributed by atoms with Crippen molar-refractivity contribution in [3.8, 4) is 11.1 Å². The van der Waals surface area contributed by atoms with Gasteiger partial charge in [-0.25, -0.2) is 4.98 Å². The van der Waals surface area contributed by atoms with E-state index in [9.17, 15) is 0 Å². The van der Waals surface area contributed by atoms with Gasteiger partial charge in [0.25, 0.3) is 0 Å². The minimum Gasteiger partial charge on any atom is -0.364 e. The van der Waals surface area contributed by atoms with Gasteiger partial charge in [0.05, 0.1) is 17.2 Å². The maximum absolute atomic E-state index is 5.61. The second-order valence-corrected chi connectivity index (χ2v) is 7.07. The van der Waals surface area contributed by atoms with E-state index in [0.29, 0.717) is 0 Å². The Bertz CT molecular complexity index is 842. The zero-order valence-corrected chi connectivity index (χ0v) is 14.2. The third-order valence-corrected chi connectivity index (χ3v) is 3.72.